The van der Waals surface area contributed by atoms with Crippen molar-refractivity contribution in [2.75, 3.05) is 27.9 Å². The van der Waals surface area contributed by atoms with Crippen LogP contribution in [0.15, 0.2) is 71.6 Å². The summed E-state index contributed by atoms with van der Waals surface area (Å²) in [6.45, 7) is -0.0367. The number of likely N-dealkylation sites (N-methyl/N-ethyl adjacent to an activating group) is 1. The smallest absolute Gasteiger partial charge is 0.339 e. The van der Waals surface area contributed by atoms with Gasteiger partial charge in [0.15, 0.2) is 18.1 Å². The minimum atomic E-state index is -0.555. The Balaban J connectivity index is 1.57. The van der Waals surface area contributed by atoms with Crippen LogP contribution >= 0.6 is 11.8 Å². The van der Waals surface area contributed by atoms with Gasteiger partial charge >= 0.3 is 5.97 Å². The van der Waals surface area contributed by atoms with Gasteiger partial charge in [0.2, 0.25) is 0 Å². The summed E-state index contributed by atoms with van der Waals surface area (Å²) in [7, 11) is 4.76. The Morgan fingerprint density at radius 2 is 1.63 bits per heavy atom. The lowest BCUT2D eigenvalue weighted by molar-refractivity contribution is -0.133. The standard InChI is InChI=1S/C27H26N2O5S/c1-29(16-21-12-13-23(32-2)24(14-21)33-3)26(30)17-34-27(31)22-6-4-5-7-25(22)35-18-20-10-8-19(15-28)9-11-20/h4-14H,16-18H2,1-3H3. The first kappa shape index (κ1) is 25.7. The Hall–Kier alpha value is -3.96. The fourth-order valence-electron chi connectivity index (χ4n) is 3.25. The molecule has 3 aromatic carbocycles. The molecular formula is C27H26N2O5S. The van der Waals surface area contributed by atoms with Crippen LogP contribution in [0.3, 0.4) is 0 Å². The number of carbonyl (C=O) groups is 2. The van der Waals surface area contributed by atoms with Crippen LogP contribution in [0.25, 0.3) is 0 Å². The molecule has 35 heavy (non-hydrogen) atoms. The maximum atomic E-state index is 12.7. The first-order chi connectivity index (χ1) is 16.9. The number of hydrogen-bond donors (Lipinski definition) is 0. The number of ether oxygens (including phenoxy) is 3. The molecule has 0 spiro atoms. The van der Waals surface area contributed by atoms with Gasteiger partial charge in [-0.25, -0.2) is 4.79 Å². The number of nitrogens with zero attached hydrogens (tertiary/aromatic N) is 2. The van der Waals surface area contributed by atoms with Gasteiger partial charge in [0, 0.05) is 24.2 Å². The molecule has 0 atom stereocenters. The normalized spacial score (nSPS) is 10.2. The molecule has 0 aliphatic rings. The minimum Gasteiger partial charge on any atom is -0.493 e. The summed E-state index contributed by atoms with van der Waals surface area (Å²) in [5, 5.41) is 8.93. The highest BCUT2D eigenvalue weighted by Crippen LogP contribution is 2.28. The zero-order chi connectivity index (χ0) is 25.2. The Morgan fingerprint density at radius 1 is 0.943 bits per heavy atom. The second kappa shape index (κ2) is 12.5. The Labute approximate surface area is 209 Å². The summed E-state index contributed by atoms with van der Waals surface area (Å²) in [5.74, 6) is 0.933. The minimum absolute atomic E-state index is 0.323. The van der Waals surface area contributed by atoms with E-state index in [2.05, 4.69) is 6.07 Å². The van der Waals surface area contributed by atoms with Crippen molar-refractivity contribution in [3.8, 4) is 17.6 Å². The lowest BCUT2D eigenvalue weighted by Crippen LogP contribution is -2.30. The first-order valence-corrected chi connectivity index (χ1v) is 11.8. The molecule has 0 radical (unpaired) electrons. The van der Waals surface area contributed by atoms with Crippen molar-refractivity contribution in [2.24, 2.45) is 0 Å². The zero-order valence-electron chi connectivity index (χ0n) is 19.8. The van der Waals surface area contributed by atoms with E-state index in [1.165, 1.54) is 16.7 Å². The van der Waals surface area contributed by atoms with Gasteiger partial charge in [-0.1, -0.05) is 30.3 Å². The van der Waals surface area contributed by atoms with Gasteiger partial charge in [0.05, 0.1) is 31.4 Å². The molecule has 0 aliphatic heterocycles. The molecule has 3 rings (SSSR count). The third-order valence-corrected chi connectivity index (χ3v) is 6.35. The van der Waals surface area contributed by atoms with Gasteiger partial charge in [0.1, 0.15) is 0 Å². The predicted molar refractivity (Wildman–Crippen MR) is 133 cm³/mol. The Morgan fingerprint density at radius 3 is 2.31 bits per heavy atom. The quantitative estimate of drug-likeness (QED) is 0.301. The highest BCUT2D eigenvalue weighted by Gasteiger charge is 2.17. The van der Waals surface area contributed by atoms with E-state index >= 15 is 0 Å². The molecule has 0 bridgehead atoms. The van der Waals surface area contributed by atoms with Gasteiger partial charge in [-0.3, -0.25) is 4.79 Å². The van der Waals surface area contributed by atoms with E-state index in [4.69, 9.17) is 19.5 Å². The van der Waals surface area contributed by atoms with Crippen molar-refractivity contribution in [3.63, 3.8) is 0 Å². The molecule has 0 aliphatic carbocycles. The summed E-state index contributed by atoms with van der Waals surface area (Å²) in [4.78, 5) is 27.5. The fraction of sp³-hybridized carbons (Fsp3) is 0.222. The molecule has 0 aromatic heterocycles. The molecular weight excluding hydrogens is 464 g/mol. The van der Waals surface area contributed by atoms with E-state index in [9.17, 15) is 9.59 Å². The van der Waals surface area contributed by atoms with Crippen LogP contribution in [0.4, 0.5) is 0 Å². The molecule has 7 nitrogen and oxygen atoms in total. The van der Waals surface area contributed by atoms with Gasteiger partial charge in [0.25, 0.3) is 5.91 Å². The van der Waals surface area contributed by atoms with Crippen molar-refractivity contribution in [1.29, 1.82) is 5.26 Å². The number of thioether (sulfide) groups is 1. The lowest BCUT2D eigenvalue weighted by Gasteiger charge is -2.18. The average molecular weight is 491 g/mol. The van der Waals surface area contributed by atoms with Crippen LogP contribution < -0.4 is 9.47 Å². The van der Waals surface area contributed by atoms with Crippen LogP contribution in [0.2, 0.25) is 0 Å². The van der Waals surface area contributed by atoms with Gasteiger partial charge in [-0.05, 0) is 47.5 Å². The maximum Gasteiger partial charge on any atom is 0.339 e. The number of hydrogen-bond acceptors (Lipinski definition) is 7. The van der Waals surface area contributed by atoms with Crippen molar-refractivity contribution >= 4 is 23.6 Å². The Kier molecular flexibility index (Phi) is 9.16. The van der Waals surface area contributed by atoms with Crippen molar-refractivity contribution < 1.29 is 23.8 Å². The number of nitriles is 1. The highest BCUT2D eigenvalue weighted by atomic mass is 32.2. The second-order valence-corrected chi connectivity index (χ2v) is 8.63. The molecule has 180 valence electrons. The molecule has 0 heterocycles. The van der Waals surface area contributed by atoms with Gasteiger partial charge in [-0.2, -0.15) is 5.26 Å². The van der Waals surface area contributed by atoms with E-state index in [1.54, 1.807) is 57.7 Å². The van der Waals surface area contributed by atoms with E-state index < -0.39 is 5.97 Å². The van der Waals surface area contributed by atoms with Crippen molar-refractivity contribution in [1.82, 2.24) is 4.90 Å². The van der Waals surface area contributed by atoms with E-state index in [-0.39, 0.29) is 12.5 Å². The summed E-state index contributed by atoms with van der Waals surface area (Å²) >= 11 is 1.49. The molecule has 1 amide bonds. The third kappa shape index (κ3) is 7.01. The number of carbonyl (C=O) groups excluding carboxylic acids is 2. The van der Waals surface area contributed by atoms with Gasteiger partial charge in [-0.15, -0.1) is 11.8 Å². The summed E-state index contributed by atoms with van der Waals surface area (Å²) < 4.78 is 15.9. The molecule has 0 unspecified atom stereocenters. The first-order valence-electron chi connectivity index (χ1n) is 10.8. The van der Waals surface area contributed by atoms with Crippen LogP contribution in [-0.4, -0.2) is 44.7 Å². The van der Waals surface area contributed by atoms with E-state index in [1.807, 2.05) is 30.3 Å². The summed E-state index contributed by atoms with van der Waals surface area (Å²) in [6.07, 6.45) is 0. The van der Waals surface area contributed by atoms with Crippen LogP contribution in [0.5, 0.6) is 11.5 Å². The number of methoxy groups -OCH3 is 2. The third-order valence-electron chi connectivity index (χ3n) is 5.20. The fourth-order valence-corrected chi connectivity index (χ4v) is 4.25. The lowest BCUT2D eigenvalue weighted by atomic mass is 10.2. The van der Waals surface area contributed by atoms with Crippen LogP contribution in [-0.2, 0) is 21.8 Å². The zero-order valence-corrected chi connectivity index (χ0v) is 20.6. The van der Waals surface area contributed by atoms with Crippen molar-refractivity contribution in [2.45, 2.75) is 17.2 Å². The average Bonchev–Trinajstić information content (AvgIpc) is 2.90. The number of esters is 1. The van der Waals surface area contributed by atoms with E-state index in [0.717, 1.165) is 16.0 Å². The van der Waals surface area contributed by atoms with Crippen LogP contribution in [0, 0.1) is 11.3 Å². The van der Waals surface area contributed by atoms with Crippen LogP contribution in [0.1, 0.15) is 27.0 Å². The number of benzene rings is 3. The summed E-state index contributed by atoms with van der Waals surface area (Å²) in [6, 6.07) is 22.0. The molecule has 0 fully saturated rings. The topological polar surface area (TPSA) is 88.9 Å². The molecule has 0 N–H and O–H groups in total. The van der Waals surface area contributed by atoms with Crippen molar-refractivity contribution in [3.05, 3.63) is 89.0 Å². The number of rotatable bonds is 10. The SMILES string of the molecule is COc1ccc(CN(C)C(=O)COC(=O)c2ccccc2SCc2ccc(C#N)cc2)cc1OC. The number of amides is 1. The Bertz CT molecular complexity index is 1220. The molecule has 3 aromatic rings. The highest BCUT2D eigenvalue weighted by molar-refractivity contribution is 7.98. The molecule has 0 saturated heterocycles. The largest absolute Gasteiger partial charge is 0.493 e. The summed E-state index contributed by atoms with van der Waals surface area (Å²) in [5.41, 5.74) is 2.89. The maximum absolute atomic E-state index is 12.7. The predicted octanol–water partition coefficient (Wildman–Crippen LogP) is 4.68. The van der Waals surface area contributed by atoms with E-state index in [0.29, 0.717) is 34.9 Å². The second-order valence-electron chi connectivity index (χ2n) is 7.61. The van der Waals surface area contributed by atoms with Gasteiger partial charge < -0.3 is 19.1 Å². The monoisotopic (exact) mass is 490 g/mol. The molecule has 8 heteroatoms. The molecule has 0 saturated carbocycles.